The van der Waals surface area contributed by atoms with Crippen molar-refractivity contribution in [2.24, 2.45) is 0 Å². The molecule has 3 rings (SSSR count). The number of nitrogen functional groups attached to an aromatic ring is 1. The van der Waals surface area contributed by atoms with Gasteiger partial charge in [-0.3, -0.25) is 0 Å². The number of aryl methyl sites for hydroxylation is 1. The molecule has 0 aliphatic rings. The average molecular weight is 372 g/mol. The second kappa shape index (κ2) is 7.90. The minimum atomic E-state index is -0.740. The Kier molecular flexibility index (Phi) is 5.61. The van der Waals surface area contributed by atoms with Crippen molar-refractivity contribution in [3.63, 3.8) is 0 Å². The summed E-state index contributed by atoms with van der Waals surface area (Å²) in [6, 6.07) is 9.57. The minimum Gasteiger partial charge on any atom is -0.396 e. The van der Waals surface area contributed by atoms with Crippen LogP contribution in [0.3, 0.4) is 0 Å². The number of aliphatic hydroxyl groups is 2. The molecule has 0 amide bonds. The van der Waals surface area contributed by atoms with Crippen LogP contribution in [-0.4, -0.2) is 21.8 Å². The fraction of sp³-hybridized carbons (Fsp3) is 0.316. The van der Waals surface area contributed by atoms with E-state index in [0.717, 1.165) is 32.5 Å². The highest BCUT2D eigenvalue weighted by Crippen LogP contribution is 2.28. The number of H-pyrrole nitrogens is 1. The van der Waals surface area contributed by atoms with Gasteiger partial charge in [-0.25, -0.2) is 4.98 Å². The number of aliphatic hydroxyl groups excluding tert-OH is 2. The number of rotatable bonds is 6. The third-order valence-electron chi connectivity index (χ3n) is 4.39. The topological polar surface area (TPSA) is 97.4 Å². The number of nitrogens with two attached hydrogens (primary N) is 1. The van der Waals surface area contributed by atoms with Crippen LogP contribution in [0.15, 0.2) is 36.5 Å². The van der Waals surface area contributed by atoms with E-state index in [1.807, 2.05) is 50.4 Å². The van der Waals surface area contributed by atoms with Crippen LogP contribution in [0.2, 0.25) is 0 Å². The first-order valence-electron chi connectivity index (χ1n) is 8.50. The van der Waals surface area contributed by atoms with Crippen molar-refractivity contribution < 1.29 is 19.8 Å². The fourth-order valence-corrected chi connectivity index (χ4v) is 4.19. The van der Waals surface area contributed by atoms with Gasteiger partial charge in [-0.15, -0.1) is 0 Å². The molecule has 0 aliphatic carbocycles. The number of nitrogens with zero attached hydrogens (tertiary/aromatic N) is 2. The molecule has 7 heteroatoms. The highest BCUT2D eigenvalue weighted by molar-refractivity contribution is 7.11. The predicted octanol–water partition coefficient (Wildman–Crippen LogP) is 1.11. The molecular weight excluding hydrogens is 348 g/mol. The molecule has 0 spiro atoms. The first kappa shape index (κ1) is 18.4. The van der Waals surface area contributed by atoms with Gasteiger partial charge in [0.25, 0.3) is 16.6 Å². The Balaban J connectivity index is 2.04. The van der Waals surface area contributed by atoms with Crippen LogP contribution in [0.25, 0.3) is 0 Å². The molecular formula is C19H24N4O2S+2. The van der Waals surface area contributed by atoms with Crippen LogP contribution >= 0.6 is 11.3 Å². The minimum absolute atomic E-state index is 0.0736. The lowest BCUT2D eigenvalue weighted by Crippen LogP contribution is -2.41. The molecule has 6 nitrogen and oxygen atoms in total. The normalized spacial score (nSPS) is 12.3. The average Bonchev–Trinajstić information content (AvgIpc) is 2.94. The lowest BCUT2D eigenvalue weighted by molar-refractivity contribution is -0.699. The summed E-state index contributed by atoms with van der Waals surface area (Å²) in [6.45, 7) is 4.43. The largest absolute Gasteiger partial charge is 0.396 e. The van der Waals surface area contributed by atoms with Crippen LogP contribution in [-0.2, 0) is 13.0 Å². The molecule has 2 heterocycles. The summed E-state index contributed by atoms with van der Waals surface area (Å²) in [5, 5.41) is 21.1. The lowest BCUT2D eigenvalue weighted by Gasteiger charge is -2.07. The summed E-state index contributed by atoms with van der Waals surface area (Å²) in [7, 11) is 0. The number of aromatic nitrogens is 3. The van der Waals surface area contributed by atoms with Gasteiger partial charge in [0, 0.05) is 26.9 Å². The zero-order chi connectivity index (χ0) is 18.7. The second-order valence-electron chi connectivity index (χ2n) is 6.22. The number of hydrogen-bond acceptors (Lipinski definition) is 5. The summed E-state index contributed by atoms with van der Waals surface area (Å²) in [5.41, 5.74) is 8.79. The molecule has 0 radical (unpaired) electrons. The van der Waals surface area contributed by atoms with E-state index < -0.39 is 6.10 Å². The number of anilines is 1. The van der Waals surface area contributed by atoms with Crippen LogP contribution in [0.1, 0.15) is 38.6 Å². The van der Waals surface area contributed by atoms with Crippen molar-refractivity contribution in [1.82, 2.24) is 4.98 Å². The molecule has 5 N–H and O–H groups in total. The molecule has 0 saturated heterocycles. The molecule has 1 aromatic carbocycles. The third-order valence-corrected chi connectivity index (χ3v) is 5.79. The SMILES string of the molecule is Cc1nc(N)c(C[n+]2c(C(O)c3ccccc3)sc(CCO)c2C)c[nH+]1. The first-order chi connectivity index (χ1) is 12.5. The van der Waals surface area contributed by atoms with Gasteiger partial charge in [0.2, 0.25) is 0 Å². The number of aromatic amines is 1. The van der Waals surface area contributed by atoms with E-state index in [0.29, 0.717) is 18.8 Å². The van der Waals surface area contributed by atoms with Gasteiger partial charge < -0.3 is 15.9 Å². The smallest absolute Gasteiger partial charge is 0.295 e. The monoisotopic (exact) mass is 372 g/mol. The zero-order valence-corrected chi connectivity index (χ0v) is 15.8. The summed E-state index contributed by atoms with van der Waals surface area (Å²) in [5.74, 6) is 1.23. The molecule has 0 saturated carbocycles. The Morgan fingerprint density at radius 2 is 2.00 bits per heavy atom. The van der Waals surface area contributed by atoms with Crippen LogP contribution in [0.5, 0.6) is 0 Å². The maximum absolute atomic E-state index is 10.9. The molecule has 0 fully saturated rings. The van der Waals surface area contributed by atoms with E-state index in [-0.39, 0.29) is 6.61 Å². The summed E-state index contributed by atoms with van der Waals surface area (Å²) in [6.07, 6.45) is 1.67. The Morgan fingerprint density at radius 3 is 2.65 bits per heavy atom. The van der Waals surface area contributed by atoms with Gasteiger partial charge >= 0.3 is 0 Å². The quantitative estimate of drug-likeness (QED) is 0.565. The van der Waals surface area contributed by atoms with E-state index in [1.54, 1.807) is 0 Å². The van der Waals surface area contributed by atoms with Crippen molar-refractivity contribution in [3.05, 3.63) is 69.1 Å². The van der Waals surface area contributed by atoms with E-state index in [2.05, 4.69) is 14.5 Å². The maximum Gasteiger partial charge on any atom is 0.295 e. The van der Waals surface area contributed by atoms with Crippen molar-refractivity contribution in [2.75, 3.05) is 12.3 Å². The Bertz CT molecular complexity index is 896. The third kappa shape index (κ3) is 3.75. The lowest BCUT2D eigenvalue weighted by atomic mass is 10.1. The van der Waals surface area contributed by atoms with Gasteiger partial charge in [0.15, 0.2) is 18.3 Å². The van der Waals surface area contributed by atoms with Gasteiger partial charge in [-0.1, -0.05) is 41.7 Å². The van der Waals surface area contributed by atoms with E-state index in [9.17, 15) is 10.2 Å². The molecule has 3 aromatic rings. The highest BCUT2D eigenvalue weighted by atomic mass is 32.1. The van der Waals surface area contributed by atoms with Gasteiger partial charge in [-0.05, 0) is 10.5 Å². The molecule has 0 aliphatic heterocycles. The zero-order valence-electron chi connectivity index (χ0n) is 14.9. The van der Waals surface area contributed by atoms with Crippen molar-refractivity contribution in [1.29, 1.82) is 0 Å². The van der Waals surface area contributed by atoms with Gasteiger partial charge in [0.05, 0.1) is 4.88 Å². The van der Waals surface area contributed by atoms with E-state index >= 15 is 0 Å². The van der Waals surface area contributed by atoms with Gasteiger partial charge in [0.1, 0.15) is 11.8 Å². The molecule has 2 aromatic heterocycles. The summed E-state index contributed by atoms with van der Waals surface area (Å²) >= 11 is 1.52. The van der Waals surface area contributed by atoms with Crippen molar-refractivity contribution >= 4 is 17.2 Å². The molecule has 136 valence electrons. The maximum atomic E-state index is 10.9. The van der Waals surface area contributed by atoms with Crippen molar-refractivity contribution in [3.8, 4) is 0 Å². The first-order valence-corrected chi connectivity index (χ1v) is 9.32. The van der Waals surface area contributed by atoms with Crippen LogP contribution in [0, 0.1) is 13.8 Å². The van der Waals surface area contributed by atoms with Crippen LogP contribution < -0.4 is 15.3 Å². The Hall–Kier alpha value is -2.35. The Morgan fingerprint density at radius 1 is 1.27 bits per heavy atom. The highest BCUT2D eigenvalue weighted by Gasteiger charge is 2.31. The number of nitrogens with one attached hydrogen (secondary N) is 1. The Labute approximate surface area is 156 Å². The van der Waals surface area contributed by atoms with Crippen molar-refractivity contribution in [2.45, 2.75) is 32.9 Å². The summed E-state index contributed by atoms with van der Waals surface area (Å²) < 4.78 is 2.06. The van der Waals surface area contributed by atoms with Crippen LogP contribution in [0.4, 0.5) is 5.82 Å². The molecule has 0 bridgehead atoms. The number of thiazole rings is 1. The fourth-order valence-electron chi connectivity index (χ4n) is 2.93. The second-order valence-corrected chi connectivity index (χ2v) is 7.33. The van der Waals surface area contributed by atoms with Gasteiger partial charge in [-0.2, -0.15) is 4.57 Å². The summed E-state index contributed by atoms with van der Waals surface area (Å²) in [4.78, 5) is 8.43. The molecule has 1 unspecified atom stereocenters. The van der Waals surface area contributed by atoms with E-state index in [4.69, 9.17) is 5.73 Å². The molecule has 1 atom stereocenters. The number of benzene rings is 1. The van der Waals surface area contributed by atoms with E-state index in [1.165, 1.54) is 11.3 Å². The molecule has 26 heavy (non-hydrogen) atoms. The predicted molar refractivity (Wildman–Crippen MR) is 99.6 cm³/mol. The number of hydrogen-bond donors (Lipinski definition) is 3. The standard InChI is InChI=1S/C19H23N4O2S/c1-12-16(8-9-24)26-19(17(25)14-6-4-3-5-7-14)23(12)11-15-10-21-13(2)22-18(15)20/h3-7,10,17,24-25H,8-9,11H2,1-2H3,(H2,20,21,22)/q+1/p+1.